The van der Waals surface area contributed by atoms with E-state index in [4.69, 9.17) is 5.73 Å². The monoisotopic (exact) mass is 432 g/mol. The number of amides is 2. The van der Waals surface area contributed by atoms with Crippen molar-refractivity contribution >= 4 is 45.8 Å². The van der Waals surface area contributed by atoms with Crippen molar-refractivity contribution in [3.8, 4) is 0 Å². The summed E-state index contributed by atoms with van der Waals surface area (Å²) < 4.78 is 0.973. The molecule has 140 valence electrons. The Balaban J connectivity index is 0.00000312. The maximum Gasteiger partial charge on any atom is 0.239 e. The summed E-state index contributed by atoms with van der Waals surface area (Å²) in [5.74, 6) is 0.0900. The Morgan fingerprint density at radius 2 is 1.72 bits per heavy atom. The van der Waals surface area contributed by atoms with Crippen LogP contribution in [0.4, 0.5) is 5.69 Å². The van der Waals surface area contributed by atoms with E-state index >= 15 is 0 Å². The predicted octanol–water partition coefficient (Wildman–Crippen LogP) is 1.94. The zero-order valence-electron chi connectivity index (χ0n) is 14.6. The molecule has 0 bridgehead atoms. The molecule has 1 aliphatic heterocycles. The fourth-order valence-corrected chi connectivity index (χ4v) is 2.82. The van der Waals surface area contributed by atoms with E-state index in [2.05, 4.69) is 26.1 Å². The third-order valence-corrected chi connectivity index (χ3v) is 4.71. The van der Waals surface area contributed by atoms with E-state index in [0.29, 0.717) is 32.7 Å². The number of nitrogens with two attached hydrogens (primary N) is 1. The van der Waals surface area contributed by atoms with E-state index in [1.54, 1.807) is 4.90 Å². The highest BCUT2D eigenvalue weighted by molar-refractivity contribution is 9.10. The van der Waals surface area contributed by atoms with Gasteiger partial charge in [-0.25, -0.2) is 0 Å². The molecule has 1 atom stereocenters. The maximum atomic E-state index is 12.2. The van der Waals surface area contributed by atoms with Crippen LogP contribution in [0.2, 0.25) is 0 Å². The molecule has 0 spiro atoms. The van der Waals surface area contributed by atoms with Crippen molar-refractivity contribution in [2.24, 2.45) is 11.7 Å². The molecule has 1 fully saturated rings. The number of nitrogens with one attached hydrogen (secondary N) is 1. The summed E-state index contributed by atoms with van der Waals surface area (Å²) in [4.78, 5) is 28.2. The zero-order valence-corrected chi connectivity index (χ0v) is 17.0. The number of nitrogens with zero attached hydrogens (tertiary/aromatic N) is 2. The minimum Gasteiger partial charge on any atom is -0.339 e. The highest BCUT2D eigenvalue weighted by Gasteiger charge is 2.27. The van der Waals surface area contributed by atoms with Gasteiger partial charge in [-0.2, -0.15) is 0 Å². The molecule has 1 aliphatic rings. The Morgan fingerprint density at radius 3 is 2.24 bits per heavy atom. The van der Waals surface area contributed by atoms with Crippen molar-refractivity contribution in [3.63, 3.8) is 0 Å². The van der Waals surface area contributed by atoms with Gasteiger partial charge >= 0.3 is 0 Å². The second-order valence-corrected chi connectivity index (χ2v) is 7.34. The number of hydrogen-bond donors (Lipinski definition) is 2. The van der Waals surface area contributed by atoms with Gasteiger partial charge in [-0.3, -0.25) is 14.5 Å². The smallest absolute Gasteiger partial charge is 0.239 e. The fourth-order valence-electron chi connectivity index (χ4n) is 2.56. The Hall–Kier alpha value is -1.15. The quantitative estimate of drug-likeness (QED) is 0.744. The summed E-state index contributed by atoms with van der Waals surface area (Å²) in [5, 5.41) is 2.88. The molecular weight excluding hydrogens is 408 g/mol. The topological polar surface area (TPSA) is 78.7 Å². The summed E-state index contributed by atoms with van der Waals surface area (Å²) in [5.41, 5.74) is 6.71. The van der Waals surface area contributed by atoms with Crippen LogP contribution in [-0.4, -0.2) is 60.4 Å². The van der Waals surface area contributed by atoms with Gasteiger partial charge in [0.1, 0.15) is 0 Å². The van der Waals surface area contributed by atoms with E-state index in [0.717, 1.165) is 10.2 Å². The van der Waals surface area contributed by atoms with Gasteiger partial charge in [-0.15, -0.1) is 12.4 Å². The molecule has 25 heavy (non-hydrogen) atoms. The van der Waals surface area contributed by atoms with E-state index in [-0.39, 0.29) is 30.1 Å². The van der Waals surface area contributed by atoms with E-state index in [1.807, 2.05) is 38.1 Å². The van der Waals surface area contributed by atoms with E-state index in [1.165, 1.54) is 0 Å². The number of hydrogen-bond acceptors (Lipinski definition) is 4. The van der Waals surface area contributed by atoms with Gasteiger partial charge in [0.2, 0.25) is 11.8 Å². The lowest BCUT2D eigenvalue weighted by atomic mass is 10.0. The summed E-state index contributed by atoms with van der Waals surface area (Å²) in [6.45, 7) is 6.83. The molecule has 1 aromatic carbocycles. The number of benzene rings is 1. The van der Waals surface area contributed by atoms with Crippen molar-refractivity contribution in [1.29, 1.82) is 0 Å². The molecule has 0 aliphatic carbocycles. The highest BCUT2D eigenvalue weighted by atomic mass is 79.9. The molecule has 0 aromatic heterocycles. The third-order valence-electron chi connectivity index (χ3n) is 4.18. The normalized spacial score (nSPS) is 16.3. The van der Waals surface area contributed by atoms with Crippen LogP contribution < -0.4 is 11.1 Å². The largest absolute Gasteiger partial charge is 0.339 e. The second kappa shape index (κ2) is 10.1. The van der Waals surface area contributed by atoms with Crippen molar-refractivity contribution in [2.75, 3.05) is 38.0 Å². The highest BCUT2D eigenvalue weighted by Crippen LogP contribution is 2.14. The lowest BCUT2D eigenvalue weighted by Gasteiger charge is -2.36. The number of anilines is 1. The zero-order chi connectivity index (χ0) is 17.7. The van der Waals surface area contributed by atoms with Gasteiger partial charge in [0.25, 0.3) is 0 Å². The number of carbonyl (C=O) groups excluding carboxylic acids is 2. The van der Waals surface area contributed by atoms with Gasteiger partial charge in [-0.05, 0) is 30.2 Å². The van der Waals surface area contributed by atoms with Crippen molar-refractivity contribution < 1.29 is 9.59 Å². The van der Waals surface area contributed by atoms with Crippen LogP contribution in [0.15, 0.2) is 28.7 Å². The molecular formula is C17H26BrClN4O2. The van der Waals surface area contributed by atoms with Gasteiger partial charge in [0.15, 0.2) is 0 Å². The lowest BCUT2D eigenvalue weighted by molar-refractivity contribution is -0.135. The van der Waals surface area contributed by atoms with Gasteiger partial charge in [0, 0.05) is 36.3 Å². The second-order valence-electron chi connectivity index (χ2n) is 6.43. The summed E-state index contributed by atoms with van der Waals surface area (Å²) in [6, 6.07) is 7.03. The predicted molar refractivity (Wildman–Crippen MR) is 106 cm³/mol. The molecule has 2 amide bonds. The summed E-state index contributed by atoms with van der Waals surface area (Å²) >= 11 is 3.37. The van der Waals surface area contributed by atoms with Crippen LogP contribution in [0.3, 0.4) is 0 Å². The fraction of sp³-hybridized carbons (Fsp3) is 0.529. The number of piperazine rings is 1. The van der Waals surface area contributed by atoms with Crippen molar-refractivity contribution in [2.45, 2.75) is 19.9 Å². The van der Waals surface area contributed by atoms with Crippen molar-refractivity contribution in [1.82, 2.24) is 9.80 Å². The van der Waals surface area contributed by atoms with Crippen LogP contribution in [0, 0.1) is 5.92 Å². The Bertz CT molecular complexity index is 575. The van der Waals surface area contributed by atoms with Crippen molar-refractivity contribution in [3.05, 3.63) is 28.7 Å². The minimum atomic E-state index is -0.447. The molecule has 2 rings (SSSR count). The number of carbonyl (C=O) groups is 2. The number of rotatable bonds is 5. The first kappa shape index (κ1) is 21.9. The SMILES string of the molecule is CC(C)[C@H](N)C(=O)N1CCN(CC(=O)Nc2ccc(Br)cc2)CC1.Cl. The van der Waals surface area contributed by atoms with Gasteiger partial charge in [0.05, 0.1) is 12.6 Å². The average Bonchev–Trinajstić information content (AvgIpc) is 2.56. The molecule has 0 unspecified atom stereocenters. The van der Waals surface area contributed by atoms with Crippen LogP contribution in [-0.2, 0) is 9.59 Å². The maximum absolute atomic E-state index is 12.2. The average molecular weight is 434 g/mol. The van der Waals surface area contributed by atoms with E-state index < -0.39 is 6.04 Å². The van der Waals surface area contributed by atoms with Crippen LogP contribution in [0.5, 0.6) is 0 Å². The Morgan fingerprint density at radius 1 is 1.16 bits per heavy atom. The van der Waals surface area contributed by atoms with Crippen LogP contribution in [0.25, 0.3) is 0 Å². The summed E-state index contributed by atoms with van der Waals surface area (Å²) in [7, 11) is 0. The minimum absolute atomic E-state index is 0. The van der Waals surface area contributed by atoms with E-state index in [9.17, 15) is 9.59 Å². The third kappa shape index (κ3) is 6.58. The molecule has 1 aromatic rings. The van der Waals surface area contributed by atoms with Gasteiger partial charge in [-0.1, -0.05) is 29.8 Å². The standard InChI is InChI=1S/C17H25BrN4O2.ClH/c1-12(2)16(19)17(24)22-9-7-21(8-10-22)11-15(23)20-14-5-3-13(18)4-6-14;/h3-6,12,16H,7-11,19H2,1-2H3,(H,20,23);1H/t16-;/m0./s1. The first-order valence-electron chi connectivity index (χ1n) is 8.19. The summed E-state index contributed by atoms with van der Waals surface area (Å²) in [6.07, 6.45) is 0. The molecule has 0 radical (unpaired) electrons. The first-order chi connectivity index (χ1) is 11.4. The molecule has 0 saturated carbocycles. The Kier molecular flexibility index (Phi) is 8.85. The van der Waals surface area contributed by atoms with Crippen LogP contribution in [0.1, 0.15) is 13.8 Å². The molecule has 6 nitrogen and oxygen atoms in total. The van der Waals surface area contributed by atoms with Gasteiger partial charge < -0.3 is 16.0 Å². The number of halogens is 2. The van der Waals surface area contributed by atoms with Crippen LogP contribution >= 0.6 is 28.3 Å². The molecule has 3 N–H and O–H groups in total. The molecule has 8 heteroatoms. The first-order valence-corrected chi connectivity index (χ1v) is 8.98. The Labute approximate surface area is 163 Å². The molecule has 1 saturated heterocycles. The lowest BCUT2D eigenvalue weighted by Crippen LogP contribution is -2.55. The molecule has 1 heterocycles.